The van der Waals surface area contributed by atoms with E-state index in [2.05, 4.69) is 0 Å². The van der Waals surface area contributed by atoms with Crippen LogP contribution in [-0.2, 0) is 9.59 Å². The van der Waals surface area contributed by atoms with Gasteiger partial charge in [0.05, 0.1) is 13.0 Å². The Kier molecular flexibility index (Phi) is 4.71. The molecule has 1 aliphatic rings. The van der Waals surface area contributed by atoms with Crippen molar-refractivity contribution in [1.29, 1.82) is 0 Å². The fourth-order valence-corrected chi connectivity index (χ4v) is 2.84. The van der Waals surface area contributed by atoms with E-state index < -0.39 is 11.9 Å². The molecular weight excluding hydrogens is 330 g/mol. The molecule has 0 radical (unpaired) electrons. The zero-order valence-electron chi connectivity index (χ0n) is 13.1. The smallest absolute Gasteiger partial charge is 0.316 e. The van der Waals surface area contributed by atoms with Crippen molar-refractivity contribution in [2.75, 3.05) is 18.6 Å². The minimum Gasteiger partial charge on any atom is -0.493 e. The fourth-order valence-electron chi connectivity index (χ4n) is 2.65. The predicted octanol–water partition coefficient (Wildman–Crippen LogP) is 3.31. The van der Waals surface area contributed by atoms with Gasteiger partial charge in [-0.15, -0.1) is 0 Å². The maximum atomic E-state index is 12.4. The molecule has 0 spiro atoms. The Bertz CT molecular complexity index is 777. The number of esters is 1. The van der Waals surface area contributed by atoms with E-state index >= 15 is 0 Å². The largest absolute Gasteiger partial charge is 0.493 e. The first-order chi connectivity index (χ1) is 11.6. The summed E-state index contributed by atoms with van der Waals surface area (Å²) in [6.45, 7) is 0.271. The van der Waals surface area contributed by atoms with Crippen molar-refractivity contribution in [2.45, 2.75) is 6.42 Å². The van der Waals surface area contributed by atoms with Gasteiger partial charge >= 0.3 is 5.97 Å². The zero-order valence-corrected chi connectivity index (χ0v) is 13.8. The van der Waals surface area contributed by atoms with Crippen LogP contribution in [0.3, 0.4) is 0 Å². The number of carbonyl (C=O) groups excluding carboxylic acids is 2. The molecular formula is C18H16ClNO4. The molecule has 6 heteroatoms. The highest BCUT2D eigenvalue weighted by atomic mass is 35.5. The summed E-state index contributed by atoms with van der Waals surface area (Å²) in [5.41, 5.74) is 0.681. The fraction of sp³-hybridized carbons (Fsp3) is 0.222. The number of hydrogen-bond acceptors (Lipinski definition) is 4. The molecule has 124 valence electrons. The molecule has 2 aromatic rings. The number of para-hydroxylation sites is 2. The van der Waals surface area contributed by atoms with E-state index in [1.165, 1.54) is 7.11 Å². The van der Waals surface area contributed by atoms with Gasteiger partial charge in [-0.1, -0.05) is 29.8 Å². The summed E-state index contributed by atoms with van der Waals surface area (Å²) in [6.07, 6.45) is 0.112. The van der Waals surface area contributed by atoms with E-state index in [4.69, 9.17) is 21.1 Å². The lowest BCUT2D eigenvalue weighted by molar-refractivity contribution is -0.139. The van der Waals surface area contributed by atoms with Crippen LogP contribution in [0.2, 0.25) is 5.02 Å². The van der Waals surface area contributed by atoms with E-state index in [1.54, 1.807) is 53.4 Å². The molecule has 1 heterocycles. The number of nitrogens with zero attached hydrogens (tertiary/aromatic N) is 1. The van der Waals surface area contributed by atoms with Crippen molar-refractivity contribution in [1.82, 2.24) is 0 Å². The summed E-state index contributed by atoms with van der Waals surface area (Å²) in [7, 11) is 1.51. The van der Waals surface area contributed by atoms with Gasteiger partial charge in [-0.25, -0.2) is 0 Å². The number of rotatable bonds is 4. The molecule has 2 aromatic carbocycles. The van der Waals surface area contributed by atoms with Gasteiger partial charge in [-0.3, -0.25) is 9.59 Å². The summed E-state index contributed by atoms with van der Waals surface area (Å²) in [6, 6.07) is 13.9. The molecule has 0 unspecified atom stereocenters. The lowest BCUT2D eigenvalue weighted by atomic mass is 10.1. The number of carbonyl (C=O) groups is 2. The lowest BCUT2D eigenvalue weighted by Gasteiger charge is -2.17. The van der Waals surface area contributed by atoms with Crippen molar-refractivity contribution in [2.24, 2.45) is 5.92 Å². The Balaban J connectivity index is 1.72. The normalized spacial score (nSPS) is 17.0. The highest BCUT2D eigenvalue weighted by Gasteiger charge is 2.36. The minimum atomic E-state index is -0.526. The van der Waals surface area contributed by atoms with E-state index in [0.29, 0.717) is 22.2 Å². The van der Waals surface area contributed by atoms with Crippen LogP contribution in [0.25, 0.3) is 0 Å². The average molecular weight is 346 g/mol. The topological polar surface area (TPSA) is 55.8 Å². The molecule has 0 N–H and O–H groups in total. The van der Waals surface area contributed by atoms with Gasteiger partial charge in [0.1, 0.15) is 0 Å². The molecule has 1 saturated heterocycles. The third kappa shape index (κ3) is 3.36. The van der Waals surface area contributed by atoms with Gasteiger partial charge in [0.25, 0.3) is 0 Å². The quantitative estimate of drug-likeness (QED) is 0.630. The van der Waals surface area contributed by atoms with Gasteiger partial charge in [-0.2, -0.15) is 0 Å². The number of halogens is 1. The van der Waals surface area contributed by atoms with Crippen LogP contribution in [0.1, 0.15) is 6.42 Å². The van der Waals surface area contributed by atoms with E-state index in [1.807, 2.05) is 0 Å². The summed E-state index contributed by atoms with van der Waals surface area (Å²) in [5, 5.41) is 0.542. The highest BCUT2D eigenvalue weighted by Crippen LogP contribution is 2.30. The Labute approximate surface area is 144 Å². The van der Waals surface area contributed by atoms with Crippen LogP contribution in [0.5, 0.6) is 11.5 Å². The summed E-state index contributed by atoms with van der Waals surface area (Å²) < 4.78 is 10.6. The van der Waals surface area contributed by atoms with Crippen LogP contribution in [0.4, 0.5) is 5.69 Å². The molecule has 1 amide bonds. The van der Waals surface area contributed by atoms with Crippen LogP contribution in [0.15, 0.2) is 48.5 Å². The lowest BCUT2D eigenvalue weighted by Crippen LogP contribution is -2.27. The number of methoxy groups -OCH3 is 1. The second-order valence-corrected chi connectivity index (χ2v) is 5.89. The maximum Gasteiger partial charge on any atom is 0.316 e. The third-order valence-electron chi connectivity index (χ3n) is 3.86. The maximum absolute atomic E-state index is 12.4. The number of amides is 1. The van der Waals surface area contributed by atoms with Crippen LogP contribution >= 0.6 is 11.6 Å². The Morgan fingerprint density at radius 2 is 1.92 bits per heavy atom. The van der Waals surface area contributed by atoms with E-state index in [-0.39, 0.29) is 18.9 Å². The first-order valence-corrected chi connectivity index (χ1v) is 7.87. The van der Waals surface area contributed by atoms with Gasteiger partial charge in [0.2, 0.25) is 5.91 Å². The zero-order chi connectivity index (χ0) is 17.1. The Hall–Kier alpha value is -2.53. The predicted molar refractivity (Wildman–Crippen MR) is 90.5 cm³/mol. The van der Waals surface area contributed by atoms with Crippen LogP contribution < -0.4 is 14.4 Å². The minimum absolute atomic E-state index is 0.112. The van der Waals surface area contributed by atoms with Crippen molar-refractivity contribution in [3.8, 4) is 11.5 Å². The van der Waals surface area contributed by atoms with Crippen molar-refractivity contribution in [3.05, 3.63) is 53.6 Å². The molecule has 24 heavy (non-hydrogen) atoms. The SMILES string of the molecule is COc1ccccc1OC(=O)[C@@H]1CC(=O)N(c2cccc(Cl)c2)C1. The van der Waals surface area contributed by atoms with Gasteiger partial charge in [0, 0.05) is 23.7 Å². The second kappa shape index (κ2) is 6.93. The number of ether oxygens (including phenoxy) is 2. The molecule has 3 rings (SSSR count). The average Bonchev–Trinajstić information content (AvgIpc) is 2.97. The molecule has 1 fully saturated rings. The standard InChI is InChI=1S/C18H16ClNO4/c1-23-15-7-2-3-8-16(15)24-18(22)12-9-17(21)20(11-12)14-6-4-5-13(19)10-14/h2-8,10,12H,9,11H2,1H3/t12-/m1/s1. The molecule has 1 atom stereocenters. The van der Waals surface area contributed by atoms with Crippen molar-refractivity contribution < 1.29 is 19.1 Å². The summed E-state index contributed by atoms with van der Waals surface area (Å²) >= 11 is 5.97. The van der Waals surface area contributed by atoms with E-state index in [9.17, 15) is 9.59 Å². The van der Waals surface area contributed by atoms with E-state index in [0.717, 1.165) is 0 Å². The van der Waals surface area contributed by atoms with Gasteiger partial charge in [-0.05, 0) is 30.3 Å². The monoisotopic (exact) mass is 345 g/mol. The summed E-state index contributed by atoms with van der Waals surface area (Å²) in [5.74, 6) is -0.279. The number of anilines is 1. The second-order valence-electron chi connectivity index (χ2n) is 5.46. The molecule has 0 aromatic heterocycles. The Morgan fingerprint density at radius 1 is 1.17 bits per heavy atom. The molecule has 1 aliphatic heterocycles. The van der Waals surface area contributed by atoms with Crippen molar-refractivity contribution >= 4 is 29.2 Å². The molecule has 0 saturated carbocycles. The Morgan fingerprint density at radius 3 is 2.62 bits per heavy atom. The first kappa shape index (κ1) is 16.3. The number of hydrogen-bond donors (Lipinski definition) is 0. The highest BCUT2D eigenvalue weighted by molar-refractivity contribution is 6.30. The van der Waals surface area contributed by atoms with Gasteiger partial charge in [0.15, 0.2) is 11.5 Å². The third-order valence-corrected chi connectivity index (χ3v) is 4.09. The van der Waals surface area contributed by atoms with Crippen LogP contribution in [0, 0.1) is 5.92 Å². The molecule has 0 bridgehead atoms. The molecule has 0 aliphatic carbocycles. The molecule has 5 nitrogen and oxygen atoms in total. The first-order valence-electron chi connectivity index (χ1n) is 7.49. The summed E-state index contributed by atoms with van der Waals surface area (Å²) in [4.78, 5) is 26.2. The van der Waals surface area contributed by atoms with Crippen molar-refractivity contribution in [3.63, 3.8) is 0 Å². The van der Waals surface area contributed by atoms with Crippen LogP contribution in [-0.4, -0.2) is 25.5 Å². The number of benzene rings is 2. The van der Waals surface area contributed by atoms with Gasteiger partial charge < -0.3 is 14.4 Å².